The van der Waals surface area contributed by atoms with Crippen molar-refractivity contribution >= 4 is 117 Å². The predicted octanol–water partition coefficient (Wildman–Crippen LogP) is 18.4. The summed E-state index contributed by atoms with van der Waals surface area (Å²) >= 11 is 3.80. The van der Waals surface area contributed by atoms with Gasteiger partial charge in [0.25, 0.3) is 0 Å². The minimum Gasteiger partial charge on any atom is -0.456 e. The summed E-state index contributed by atoms with van der Waals surface area (Å²) in [5.74, 6) is 0. The second kappa shape index (κ2) is 13.5. The Bertz CT molecular complexity index is 4130. The van der Waals surface area contributed by atoms with E-state index < -0.39 is 0 Å². The summed E-state index contributed by atoms with van der Waals surface area (Å²) < 4.78 is 11.5. The maximum absolute atomic E-state index is 6.12. The van der Waals surface area contributed by atoms with Crippen LogP contribution in [0.25, 0.3) is 139 Å². The molecule has 0 fully saturated rings. The predicted molar refractivity (Wildman–Crippen MR) is 274 cm³/mol. The number of para-hydroxylation sites is 1. The number of thiophene rings is 2. The number of rotatable bonds is 4. The smallest absolute Gasteiger partial charge is 0.135 e. The number of hydrogen-bond donors (Lipinski definition) is 0. The molecule has 11 aromatic carbocycles. The summed E-state index contributed by atoms with van der Waals surface area (Å²) in [4.78, 5) is 0. The van der Waals surface area contributed by atoms with Gasteiger partial charge in [0.15, 0.2) is 0 Å². The molecular formula is C60H34OS2. The first-order chi connectivity index (χ1) is 31.2. The van der Waals surface area contributed by atoms with Crippen molar-refractivity contribution in [1.82, 2.24) is 0 Å². The first-order valence-electron chi connectivity index (χ1n) is 21.5. The first kappa shape index (κ1) is 35.1. The zero-order chi connectivity index (χ0) is 41.2. The Balaban J connectivity index is 0.838. The molecule has 0 atom stereocenters. The summed E-state index contributed by atoms with van der Waals surface area (Å²) in [6, 6.07) is 76.3. The first-order valence-corrected chi connectivity index (χ1v) is 23.1. The summed E-state index contributed by atoms with van der Waals surface area (Å²) in [5.41, 5.74) is 11.6. The molecule has 0 saturated carbocycles. The lowest BCUT2D eigenvalue weighted by molar-refractivity contribution is 0.669. The zero-order valence-electron chi connectivity index (χ0n) is 33.9. The number of benzene rings is 11. The number of hydrogen-bond acceptors (Lipinski definition) is 3. The summed E-state index contributed by atoms with van der Waals surface area (Å²) in [6.45, 7) is 0. The van der Waals surface area contributed by atoms with Gasteiger partial charge in [-0.2, -0.15) is 0 Å². The molecule has 292 valence electrons. The van der Waals surface area contributed by atoms with Crippen LogP contribution in [-0.2, 0) is 0 Å². The SMILES string of the molecule is c1ccc2c(c1)oc1ccc(-c3ccc(-c4c5ccccc5c(-c5ccc(-c6ccc7cc8sc9cc%10c(cc9c8cc7c6)sc6ccccc6%10)cc5)c5ccccc45)cc3)cc12. The third-order valence-electron chi connectivity index (χ3n) is 13.2. The number of fused-ring (bicyclic) bond motifs is 12. The Morgan fingerprint density at radius 1 is 0.238 bits per heavy atom. The van der Waals surface area contributed by atoms with Gasteiger partial charge in [0.2, 0.25) is 0 Å². The average molecular weight is 835 g/mol. The lowest BCUT2D eigenvalue weighted by Gasteiger charge is -2.18. The molecular weight excluding hydrogens is 801 g/mol. The van der Waals surface area contributed by atoms with Gasteiger partial charge in [-0.15, -0.1) is 22.7 Å². The van der Waals surface area contributed by atoms with E-state index in [-0.39, 0.29) is 0 Å². The van der Waals surface area contributed by atoms with Crippen molar-refractivity contribution in [2.45, 2.75) is 0 Å². The van der Waals surface area contributed by atoms with Gasteiger partial charge >= 0.3 is 0 Å². The van der Waals surface area contributed by atoms with Crippen LogP contribution in [0.4, 0.5) is 0 Å². The number of furan rings is 1. The molecule has 0 aliphatic rings. The summed E-state index contributed by atoms with van der Waals surface area (Å²) in [6.07, 6.45) is 0. The molecule has 0 unspecified atom stereocenters. The Hall–Kier alpha value is -7.56. The van der Waals surface area contributed by atoms with Gasteiger partial charge in [-0.1, -0.05) is 152 Å². The van der Waals surface area contributed by atoms with Crippen molar-refractivity contribution in [3.63, 3.8) is 0 Å². The Labute approximate surface area is 370 Å². The summed E-state index contributed by atoms with van der Waals surface area (Å²) in [7, 11) is 0. The minimum atomic E-state index is 0.917. The van der Waals surface area contributed by atoms with Gasteiger partial charge < -0.3 is 4.42 Å². The average Bonchev–Trinajstić information content (AvgIpc) is 4.01. The zero-order valence-corrected chi connectivity index (χ0v) is 35.5. The van der Waals surface area contributed by atoms with E-state index >= 15 is 0 Å². The van der Waals surface area contributed by atoms with E-state index in [1.807, 2.05) is 34.8 Å². The molecule has 0 saturated heterocycles. The highest BCUT2D eigenvalue weighted by Crippen LogP contribution is 2.46. The van der Waals surface area contributed by atoms with Gasteiger partial charge in [-0.05, 0) is 131 Å². The fourth-order valence-electron chi connectivity index (χ4n) is 10.2. The molecule has 3 aromatic heterocycles. The van der Waals surface area contributed by atoms with Crippen molar-refractivity contribution in [2.75, 3.05) is 0 Å². The van der Waals surface area contributed by atoms with Gasteiger partial charge in [0.1, 0.15) is 11.2 Å². The molecule has 63 heavy (non-hydrogen) atoms. The molecule has 1 nitrogen and oxygen atoms in total. The van der Waals surface area contributed by atoms with Crippen LogP contribution in [0.1, 0.15) is 0 Å². The molecule has 3 heterocycles. The van der Waals surface area contributed by atoms with Gasteiger partial charge in [0.05, 0.1) is 0 Å². The highest BCUT2D eigenvalue weighted by Gasteiger charge is 2.18. The topological polar surface area (TPSA) is 13.1 Å². The third kappa shape index (κ3) is 5.40. The van der Waals surface area contributed by atoms with E-state index in [0.717, 1.165) is 21.9 Å². The van der Waals surface area contributed by atoms with Crippen molar-refractivity contribution < 1.29 is 4.42 Å². The van der Waals surface area contributed by atoms with Crippen LogP contribution in [0.15, 0.2) is 211 Å². The fourth-order valence-corrected chi connectivity index (χ4v) is 12.5. The summed E-state index contributed by atoms with van der Waals surface area (Å²) in [5, 5.41) is 15.3. The van der Waals surface area contributed by atoms with Gasteiger partial charge in [-0.25, -0.2) is 0 Å². The lowest BCUT2D eigenvalue weighted by atomic mass is 9.85. The van der Waals surface area contributed by atoms with E-state index in [2.05, 4.69) is 194 Å². The van der Waals surface area contributed by atoms with Crippen LogP contribution < -0.4 is 0 Å². The van der Waals surface area contributed by atoms with Crippen molar-refractivity contribution in [2.24, 2.45) is 0 Å². The highest BCUT2D eigenvalue weighted by molar-refractivity contribution is 7.27. The van der Waals surface area contributed by atoms with E-state index in [1.54, 1.807) is 0 Å². The molecule has 14 aromatic rings. The molecule has 0 aliphatic carbocycles. The molecule has 0 N–H and O–H groups in total. The van der Waals surface area contributed by atoms with E-state index in [9.17, 15) is 0 Å². The maximum Gasteiger partial charge on any atom is 0.135 e. The van der Waals surface area contributed by atoms with Gasteiger partial charge in [0, 0.05) is 51.1 Å². The fraction of sp³-hybridized carbons (Fsp3) is 0. The molecule has 0 radical (unpaired) electrons. The van der Waals surface area contributed by atoms with Crippen LogP contribution in [-0.4, -0.2) is 0 Å². The molecule has 0 spiro atoms. The molecule has 0 aliphatic heterocycles. The monoisotopic (exact) mass is 834 g/mol. The maximum atomic E-state index is 6.12. The van der Waals surface area contributed by atoms with Crippen LogP contribution in [0.3, 0.4) is 0 Å². The lowest BCUT2D eigenvalue weighted by Crippen LogP contribution is -1.91. The van der Waals surface area contributed by atoms with Gasteiger partial charge in [-0.3, -0.25) is 0 Å². The molecule has 14 rings (SSSR count). The van der Waals surface area contributed by atoms with E-state index in [0.29, 0.717) is 0 Å². The normalized spacial score (nSPS) is 12.1. The Morgan fingerprint density at radius 3 is 1.33 bits per heavy atom. The Kier molecular flexibility index (Phi) is 7.50. The third-order valence-corrected chi connectivity index (χ3v) is 15.5. The quantitative estimate of drug-likeness (QED) is 0.161. The molecule has 0 bridgehead atoms. The van der Waals surface area contributed by atoms with E-state index in [4.69, 9.17) is 4.42 Å². The standard InChI is InChI=1S/C60H34OS2/c1-3-13-47-45(11-1)59(46-12-2-4-14-48(46)60(47)38-23-19-36(20-24-38)40-27-28-54-49(30-40)43-9-5-7-15-53(43)61-54)37-21-17-35(18-22-37)39-25-26-41-32-56-50(31-42(41)29-39)52-34-57-51(33-58(52)63-56)44-10-6-8-16-55(44)62-57/h1-34H. The molecule has 0 amide bonds. The second-order valence-electron chi connectivity index (χ2n) is 16.8. The second-order valence-corrected chi connectivity index (χ2v) is 18.9. The van der Waals surface area contributed by atoms with Crippen LogP contribution in [0.5, 0.6) is 0 Å². The van der Waals surface area contributed by atoms with E-state index in [1.165, 1.54) is 117 Å². The molecule has 3 heteroatoms. The highest BCUT2D eigenvalue weighted by atomic mass is 32.1. The largest absolute Gasteiger partial charge is 0.456 e. The van der Waals surface area contributed by atoms with Crippen LogP contribution in [0, 0.1) is 0 Å². The van der Waals surface area contributed by atoms with Crippen molar-refractivity contribution in [1.29, 1.82) is 0 Å². The Morgan fingerprint density at radius 2 is 0.683 bits per heavy atom. The van der Waals surface area contributed by atoms with Crippen molar-refractivity contribution in [3.05, 3.63) is 206 Å². The van der Waals surface area contributed by atoms with Crippen molar-refractivity contribution in [3.8, 4) is 44.5 Å². The van der Waals surface area contributed by atoms with Crippen LogP contribution in [0.2, 0.25) is 0 Å². The van der Waals surface area contributed by atoms with Crippen LogP contribution >= 0.6 is 22.7 Å². The minimum absolute atomic E-state index is 0.917.